The van der Waals surface area contributed by atoms with Crippen molar-refractivity contribution in [3.05, 3.63) is 35.6 Å². The van der Waals surface area contributed by atoms with Crippen LogP contribution in [0.15, 0.2) is 24.3 Å². The molecule has 0 radical (unpaired) electrons. The molecule has 1 aromatic rings. The van der Waals surface area contributed by atoms with Crippen molar-refractivity contribution in [1.82, 2.24) is 15.5 Å². The van der Waals surface area contributed by atoms with Crippen LogP contribution < -0.4 is 10.6 Å². The van der Waals surface area contributed by atoms with E-state index in [0.717, 1.165) is 23.3 Å². The van der Waals surface area contributed by atoms with E-state index in [4.69, 9.17) is 0 Å². The number of nitrogens with zero attached hydrogens (tertiary/aromatic N) is 1. The Morgan fingerprint density at radius 3 is 2.77 bits per heavy atom. The zero-order chi connectivity index (χ0) is 18.7. The first-order valence-electron chi connectivity index (χ1n) is 9.05. The highest BCUT2D eigenvalue weighted by Crippen LogP contribution is 2.36. The van der Waals surface area contributed by atoms with Crippen LogP contribution in [0.2, 0.25) is 0 Å². The molecule has 1 aromatic carbocycles. The van der Waals surface area contributed by atoms with Crippen molar-refractivity contribution < 1.29 is 18.8 Å². The summed E-state index contributed by atoms with van der Waals surface area (Å²) >= 11 is 0. The Kier molecular flexibility index (Phi) is 5.25. The van der Waals surface area contributed by atoms with Gasteiger partial charge in [0, 0.05) is 6.54 Å². The summed E-state index contributed by atoms with van der Waals surface area (Å²) in [7, 11) is 0. The van der Waals surface area contributed by atoms with Gasteiger partial charge in [-0.3, -0.25) is 14.5 Å². The number of nitrogens with one attached hydrogen (secondary N) is 2. The van der Waals surface area contributed by atoms with Gasteiger partial charge in [-0.2, -0.15) is 0 Å². The van der Waals surface area contributed by atoms with Crippen LogP contribution in [0, 0.1) is 11.7 Å². The van der Waals surface area contributed by atoms with Gasteiger partial charge in [-0.15, -0.1) is 0 Å². The van der Waals surface area contributed by atoms with E-state index < -0.39 is 17.5 Å². The Bertz CT molecular complexity index is 714. The van der Waals surface area contributed by atoms with Gasteiger partial charge in [-0.05, 0) is 55.7 Å². The summed E-state index contributed by atoms with van der Waals surface area (Å²) in [5.74, 6) is -0.466. The molecule has 1 aliphatic carbocycles. The molecule has 26 heavy (non-hydrogen) atoms. The van der Waals surface area contributed by atoms with Crippen LogP contribution in [0.25, 0.3) is 0 Å². The second-order valence-corrected chi connectivity index (χ2v) is 7.32. The lowest BCUT2D eigenvalue weighted by Gasteiger charge is -2.33. The minimum atomic E-state index is -0.828. The van der Waals surface area contributed by atoms with Crippen molar-refractivity contribution in [3.63, 3.8) is 0 Å². The lowest BCUT2D eigenvalue weighted by atomic mass is 9.77. The zero-order valence-corrected chi connectivity index (χ0v) is 14.9. The van der Waals surface area contributed by atoms with E-state index in [1.165, 1.54) is 12.1 Å². The third-order valence-electron chi connectivity index (χ3n) is 5.30. The fraction of sp³-hybridized carbons (Fsp3) is 0.526. The number of carbonyl (C=O) groups excluding carboxylic acids is 3. The number of imide groups is 1. The summed E-state index contributed by atoms with van der Waals surface area (Å²) in [6, 6.07) is 5.67. The molecule has 0 aromatic heterocycles. The lowest BCUT2D eigenvalue weighted by Crippen LogP contribution is -2.50. The fourth-order valence-corrected chi connectivity index (χ4v) is 3.65. The molecule has 140 valence electrons. The molecule has 2 fully saturated rings. The number of amides is 4. The van der Waals surface area contributed by atoms with E-state index in [1.807, 2.05) is 0 Å². The number of benzene rings is 1. The van der Waals surface area contributed by atoms with E-state index in [0.29, 0.717) is 31.7 Å². The van der Waals surface area contributed by atoms with Crippen LogP contribution >= 0.6 is 0 Å². The second kappa shape index (κ2) is 7.43. The number of hydrogen-bond acceptors (Lipinski definition) is 3. The van der Waals surface area contributed by atoms with Crippen molar-refractivity contribution >= 4 is 17.8 Å². The molecule has 2 aliphatic rings. The Morgan fingerprint density at radius 1 is 1.35 bits per heavy atom. The molecule has 3 rings (SSSR count). The lowest BCUT2D eigenvalue weighted by molar-refractivity contribution is -0.136. The summed E-state index contributed by atoms with van der Waals surface area (Å²) in [4.78, 5) is 38.0. The Morgan fingerprint density at radius 2 is 2.08 bits per heavy atom. The van der Waals surface area contributed by atoms with Crippen LogP contribution in [0.5, 0.6) is 0 Å². The first-order valence-corrected chi connectivity index (χ1v) is 9.05. The Hall–Kier alpha value is -2.44. The minimum Gasteiger partial charge on any atom is -0.354 e. The van der Waals surface area contributed by atoms with Crippen molar-refractivity contribution in [3.8, 4) is 0 Å². The normalized spacial score (nSPS) is 25.5. The predicted octanol–water partition coefficient (Wildman–Crippen LogP) is 1.99. The minimum absolute atomic E-state index is 0.287. The van der Waals surface area contributed by atoms with Crippen LogP contribution in [-0.4, -0.2) is 41.4 Å². The summed E-state index contributed by atoms with van der Waals surface area (Å²) in [5, 5.41) is 5.48. The standard InChI is InChI=1S/C19H24FN3O3/c1-13-5-8-19(9-6-13)17(25)23(18(26)22-19)12-16(24)21-10-7-14-3-2-4-15(20)11-14/h2-4,11,13H,5-10,12H2,1H3,(H,21,24)(H,22,26). The van der Waals surface area contributed by atoms with Gasteiger partial charge in [0.1, 0.15) is 17.9 Å². The third kappa shape index (κ3) is 3.86. The molecule has 0 unspecified atom stereocenters. The molecule has 6 nitrogen and oxygen atoms in total. The summed E-state index contributed by atoms with van der Waals surface area (Å²) in [5.41, 5.74) is -0.0543. The van der Waals surface area contributed by atoms with Crippen LogP contribution in [0.1, 0.15) is 38.2 Å². The third-order valence-corrected chi connectivity index (χ3v) is 5.30. The van der Waals surface area contributed by atoms with Gasteiger partial charge in [0.25, 0.3) is 5.91 Å². The number of halogens is 1. The molecule has 0 bridgehead atoms. The highest BCUT2D eigenvalue weighted by atomic mass is 19.1. The maximum Gasteiger partial charge on any atom is 0.325 e. The molecule has 2 N–H and O–H groups in total. The van der Waals surface area contributed by atoms with Crippen LogP contribution in [0.3, 0.4) is 0 Å². The average Bonchev–Trinajstić information content (AvgIpc) is 2.82. The fourth-order valence-electron chi connectivity index (χ4n) is 3.65. The summed E-state index contributed by atoms with van der Waals surface area (Å²) in [6.45, 7) is 2.16. The van der Waals surface area contributed by atoms with Gasteiger partial charge in [0.05, 0.1) is 0 Å². The van der Waals surface area contributed by atoms with Gasteiger partial charge >= 0.3 is 6.03 Å². The molecule has 1 aliphatic heterocycles. The molecular formula is C19H24FN3O3. The largest absolute Gasteiger partial charge is 0.354 e. The predicted molar refractivity (Wildman–Crippen MR) is 93.7 cm³/mol. The number of carbonyl (C=O) groups is 3. The molecule has 0 atom stereocenters. The Balaban J connectivity index is 1.51. The molecule has 1 saturated carbocycles. The summed E-state index contributed by atoms with van der Waals surface area (Å²) in [6.07, 6.45) is 3.50. The molecule has 7 heteroatoms. The molecular weight excluding hydrogens is 337 g/mol. The first kappa shape index (κ1) is 18.4. The van der Waals surface area contributed by atoms with Gasteiger partial charge < -0.3 is 10.6 Å². The van der Waals surface area contributed by atoms with E-state index >= 15 is 0 Å². The van der Waals surface area contributed by atoms with Crippen LogP contribution in [0.4, 0.5) is 9.18 Å². The van der Waals surface area contributed by atoms with E-state index in [1.54, 1.807) is 12.1 Å². The molecule has 1 spiro atoms. The van der Waals surface area contributed by atoms with Gasteiger partial charge in [-0.25, -0.2) is 9.18 Å². The highest BCUT2D eigenvalue weighted by molar-refractivity contribution is 6.09. The number of hydrogen-bond donors (Lipinski definition) is 2. The molecule has 4 amide bonds. The number of urea groups is 1. The average molecular weight is 361 g/mol. The molecule has 1 heterocycles. The monoisotopic (exact) mass is 361 g/mol. The van der Waals surface area contributed by atoms with E-state index in [-0.39, 0.29) is 18.3 Å². The maximum atomic E-state index is 13.1. The smallest absolute Gasteiger partial charge is 0.325 e. The quantitative estimate of drug-likeness (QED) is 0.787. The Labute approximate surface area is 152 Å². The maximum absolute atomic E-state index is 13.1. The summed E-state index contributed by atoms with van der Waals surface area (Å²) < 4.78 is 13.1. The van der Waals surface area contributed by atoms with Crippen molar-refractivity contribution in [2.75, 3.05) is 13.1 Å². The van der Waals surface area contributed by atoms with E-state index in [9.17, 15) is 18.8 Å². The van der Waals surface area contributed by atoms with Crippen molar-refractivity contribution in [2.24, 2.45) is 5.92 Å². The van der Waals surface area contributed by atoms with Crippen molar-refractivity contribution in [1.29, 1.82) is 0 Å². The second-order valence-electron chi connectivity index (χ2n) is 7.32. The van der Waals surface area contributed by atoms with Crippen LogP contribution in [-0.2, 0) is 16.0 Å². The van der Waals surface area contributed by atoms with Gasteiger partial charge in [-0.1, -0.05) is 19.1 Å². The first-order chi connectivity index (χ1) is 12.4. The SMILES string of the molecule is CC1CCC2(CC1)NC(=O)N(CC(=O)NCCc1cccc(F)c1)C2=O. The highest BCUT2D eigenvalue weighted by Gasteiger charge is 2.52. The van der Waals surface area contributed by atoms with Crippen molar-refractivity contribution in [2.45, 2.75) is 44.6 Å². The number of rotatable bonds is 5. The van der Waals surface area contributed by atoms with Gasteiger partial charge in [0.15, 0.2) is 0 Å². The zero-order valence-electron chi connectivity index (χ0n) is 14.9. The topological polar surface area (TPSA) is 78.5 Å². The molecule has 1 saturated heterocycles. The van der Waals surface area contributed by atoms with Gasteiger partial charge in [0.2, 0.25) is 5.91 Å². The van der Waals surface area contributed by atoms with E-state index in [2.05, 4.69) is 17.6 Å².